The molecular weight excluding hydrogens is 286 g/mol. The van der Waals surface area contributed by atoms with Gasteiger partial charge in [0.05, 0.1) is 6.07 Å². The number of hydrogen-bond donors (Lipinski definition) is 0. The highest BCUT2D eigenvalue weighted by Crippen LogP contribution is 2.47. The Morgan fingerprint density at radius 3 is 2.24 bits per heavy atom. The van der Waals surface area contributed by atoms with E-state index in [2.05, 4.69) is 19.9 Å². The number of hydrogen-bond acceptors (Lipinski definition) is 3. The third-order valence-electron chi connectivity index (χ3n) is 4.38. The molecule has 2 rings (SSSR count). The first-order chi connectivity index (χ1) is 10.2. The summed E-state index contributed by atoms with van der Waals surface area (Å²) in [5, 5.41) is 9.92. The van der Waals surface area contributed by atoms with Crippen LogP contribution in [0.1, 0.15) is 39.5 Å². The van der Waals surface area contributed by atoms with Crippen LogP contribution in [-0.2, 0) is 0 Å². The van der Waals surface area contributed by atoms with E-state index < -0.39 is 11.7 Å². The molecule has 0 N–H and O–H groups in total. The first-order valence-electron chi connectivity index (χ1n) is 7.61. The molecule has 0 amide bonds. The number of benzene rings is 1. The van der Waals surface area contributed by atoms with Gasteiger partial charge in [0.1, 0.15) is 5.41 Å². The standard InChI is InChI=1S/C17H22ClNO2/c1-3-13(4-2)17(12-19,10-7-11-18)16-20-14-8-5-6-9-15(14)21-16/h5-6,8-9,13,16H,3-4,7,10-11H2,1-2H3. The van der Waals surface area contributed by atoms with Crippen LogP contribution < -0.4 is 9.47 Å². The SMILES string of the molecule is CCC(CC)C(C#N)(CCCCl)C1Oc2ccccc2O1. The Balaban J connectivity index is 2.30. The second kappa shape index (κ2) is 7.04. The fourth-order valence-electron chi connectivity index (χ4n) is 3.20. The minimum absolute atomic E-state index is 0.227. The number of para-hydroxylation sites is 2. The molecule has 0 spiro atoms. The Morgan fingerprint density at radius 2 is 1.81 bits per heavy atom. The average molecular weight is 308 g/mol. The van der Waals surface area contributed by atoms with Crippen molar-refractivity contribution < 1.29 is 9.47 Å². The number of fused-ring (bicyclic) bond motifs is 1. The summed E-state index contributed by atoms with van der Waals surface area (Å²) in [5.74, 6) is 2.21. The normalized spacial score (nSPS) is 16.7. The highest BCUT2D eigenvalue weighted by Gasteiger charge is 2.50. The van der Waals surface area contributed by atoms with Crippen LogP contribution in [-0.4, -0.2) is 12.2 Å². The molecule has 1 unspecified atom stereocenters. The first-order valence-corrected chi connectivity index (χ1v) is 8.14. The lowest BCUT2D eigenvalue weighted by molar-refractivity contribution is -0.0729. The lowest BCUT2D eigenvalue weighted by Crippen LogP contribution is -2.45. The molecule has 0 aliphatic carbocycles. The van der Waals surface area contributed by atoms with E-state index in [9.17, 15) is 5.26 Å². The summed E-state index contributed by atoms with van der Waals surface area (Å²) in [7, 11) is 0. The van der Waals surface area contributed by atoms with Crippen LogP contribution in [0.25, 0.3) is 0 Å². The van der Waals surface area contributed by atoms with E-state index in [1.54, 1.807) is 0 Å². The summed E-state index contributed by atoms with van der Waals surface area (Å²) in [5.41, 5.74) is -0.655. The van der Waals surface area contributed by atoms with Crippen LogP contribution in [0, 0.1) is 22.7 Å². The Morgan fingerprint density at radius 1 is 1.24 bits per heavy atom. The van der Waals surface area contributed by atoms with E-state index in [1.165, 1.54) is 0 Å². The minimum Gasteiger partial charge on any atom is -0.449 e. The Kier molecular flexibility index (Phi) is 5.36. The van der Waals surface area contributed by atoms with Gasteiger partial charge in [0.2, 0.25) is 0 Å². The molecule has 0 fully saturated rings. The van der Waals surface area contributed by atoms with Gasteiger partial charge < -0.3 is 9.47 Å². The van der Waals surface area contributed by atoms with Crippen LogP contribution >= 0.6 is 11.6 Å². The van der Waals surface area contributed by atoms with Crippen molar-refractivity contribution in [3.05, 3.63) is 24.3 Å². The third kappa shape index (κ3) is 2.96. The molecule has 21 heavy (non-hydrogen) atoms. The zero-order chi connectivity index (χ0) is 15.3. The quantitative estimate of drug-likeness (QED) is 0.683. The molecule has 1 aliphatic rings. The Bertz CT molecular complexity index is 485. The predicted molar refractivity (Wildman–Crippen MR) is 83.6 cm³/mol. The second-order valence-corrected chi connectivity index (χ2v) is 5.85. The molecule has 1 aromatic rings. The van der Waals surface area contributed by atoms with Crippen molar-refractivity contribution in [1.29, 1.82) is 5.26 Å². The fraction of sp³-hybridized carbons (Fsp3) is 0.588. The summed E-state index contributed by atoms with van der Waals surface area (Å²) in [4.78, 5) is 0. The summed E-state index contributed by atoms with van der Waals surface area (Å²) < 4.78 is 11.9. The Labute approximate surface area is 131 Å². The molecule has 1 heterocycles. The third-order valence-corrected chi connectivity index (χ3v) is 4.65. The van der Waals surface area contributed by atoms with Gasteiger partial charge in [-0.1, -0.05) is 38.8 Å². The zero-order valence-electron chi connectivity index (χ0n) is 12.6. The maximum absolute atomic E-state index is 9.92. The van der Waals surface area contributed by atoms with Crippen LogP contribution in [0.3, 0.4) is 0 Å². The van der Waals surface area contributed by atoms with Gasteiger partial charge in [-0.15, -0.1) is 11.6 Å². The van der Waals surface area contributed by atoms with Gasteiger partial charge in [0, 0.05) is 5.88 Å². The van der Waals surface area contributed by atoms with Gasteiger partial charge in [0.25, 0.3) is 6.29 Å². The van der Waals surface area contributed by atoms with Crippen molar-refractivity contribution in [2.75, 3.05) is 5.88 Å². The summed E-state index contributed by atoms with van der Waals surface area (Å²) in [6.45, 7) is 4.23. The van der Waals surface area contributed by atoms with E-state index in [0.29, 0.717) is 12.3 Å². The number of rotatable bonds is 7. The van der Waals surface area contributed by atoms with Gasteiger partial charge in [-0.3, -0.25) is 0 Å². The van der Waals surface area contributed by atoms with Gasteiger partial charge in [-0.25, -0.2) is 0 Å². The fourth-order valence-corrected chi connectivity index (χ4v) is 3.33. The summed E-state index contributed by atoms with van der Waals surface area (Å²) in [6.07, 6.45) is 2.77. The van der Waals surface area contributed by atoms with Crippen molar-refractivity contribution in [2.24, 2.45) is 11.3 Å². The minimum atomic E-state index is -0.655. The maximum atomic E-state index is 9.92. The first kappa shape index (κ1) is 16.0. The molecule has 114 valence electrons. The number of alkyl halides is 1. The lowest BCUT2D eigenvalue weighted by atomic mass is 9.70. The van der Waals surface area contributed by atoms with Crippen LogP contribution in [0.15, 0.2) is 24.3 Å². The van der Waals surface area contributed by atoms with Gasteiger partial charge in [-0.2, -0.15) is 5.26 Å². The molecule has 1 aliphatic heterocycles. The van der Waals surface area contributed by atoms with Crippen LogP contribution in [0.2, 0.25) is 0 Å². The van der Waals surface area contributed by atoms with E-state index in [4.69, 9.17) is 21.1 Å². The molecule has 3 nitrogen and oxygen atoms in total. The topological polar surface area (TPSA) is 42.2 Å². The molecule has 1 atom stereocenters. The van der Waals surface area contributed by atoms with Crippen molar-refractivity contribution in [3.8, 4) is 17.6 Å². The van der Waals surface area contributed by atoms with E-state index >= 15 is 0 Å². The highest BCUT2D eigenvalue weighted by molar-refractivity contribution is 6.17. The lowest BCUT2D eigenvalue weighted by Gasteiger charge is -2.37. The molecule has 0 saturated carbocycles. The Hall–Kier alpha value is -1.40. The largest absolute Gasteiger partial charge is 0.449 e. The number of nitriles is 1. The summed E-state index contributed by atoms with van der Waals surface area (Å²) in [6, 6.07) is 10.1. The summed E-state index contributed by atoms with van der Waals surface area (Å²) >= 11 is 5.86. The molecule has 0 radical (unpaired) electrons. The van der Waals surface area contributed by atoms with E-state index in [-0.39, 0.29) is 5.92 Å². The average Bonchev–Trinajstić information content (AvgIpc) is 2.96. The maximum Gasteiger partial charge on any atom is 0.260 e. The number of ether oxygens (including phenoxy) is 2. The number of halogens is 1. The molecule has 0 saturated heterocycles. The molecular formula is C17H22ClNO2. The van der Waals surface area contributed by atoms with E-state index in [1.807, 2.05) is 24.3 Å². The predicted octanol–water partition coefficient (Wildman–Crippen LogP) is 4.75. The molecule has 0 bridgehead atoms. The molecule has 0 aromatic heterocycles. The van der Waals surface area contributed by atoms with Crippen LogP contribution in [0.4, 0.5) is 0 Å². The van der Waals surface area contributed by atoms with Crippen molar-refractivity contribution in [1.82, 2.24) is 0 Å². The molecule has 1 aromatic carbocycles. The highest BCUT2D eigenvalue weighted by atomic mass is 35.5. The monoisotopic (exact) mass is 307 g/mol. The number of nitrogens with zero attached hydrogens (tertiary/aromatic N) is 1. The zero-order valence-corrected chi connectivity index (χ0v) is 13.4. The van der Waals surface area contributed by atoms with Crippen molar-refractivity contribution in [3.63, 3.8) is 0 Å². The van der Waals surface area contributed by atoms with Gasteiger partial charge in [-0.05, 0) is 30.9 Å². The van der Waals surface area contributed by atoms with Crippen LogP contribution in [0.5, 0.6) is 11.5 Å². The van der Waals surface area contributed by atoms with Crippen molar-refractivity contribution >= 4 is 11.6 Å². The second-order valence-electron chi connectivity index (χ2n) is 5.47. The van der Waals surface area contributed by atoms with Gasteiger partial charge >= 0.3 is 0 Å². The smallest absolute Gasteiger partial charge is 0.260 e. The van der Waals surface area contributed by atoms with Gasteiger partial charge in [0.15, 0.2) is 11.5 Å². The molecule has 4 heteroatoms. The van der Waals surface area contributed by atoms with E-state index in [0.717, 1.165) is 30.8 Å². The van der Waals surface area contributed by atoms with Crippen molar-refractivity contribution in [2.45, 2.75) is 45.8 Å².